The molecule has 0 saturated carbocycles. The Kier molecular flexibility index (Phi) is 2.89. The van der Waals surface area contributed by atoms with Crippen LogP contribution in [0.5, 0.6) is 0 Å². The monoisotopic (exact) mass is 193 g/mol. The number of nitrogens with two attached hydrogens (primary N) is 1. The van der Waals surface area contributed by atoms with Gasteiger partial charge < -0.3 is 10.7 Å². The molecular formula is C11H19N3. The molecule has 0 aliphatic carbocycles. The molecule has 3 nitrogen and oxygen atoms in total. The van der Waals surface area contributed by atoms with Gasteiger partial charge in [-0.2, -0.15) is 0 Å². The van der Waals surface area contributed by atoms with E-state index in [9.17, 15) is 0 Å². The molecule has 78 valence electrons. The molecule has 1 aromatic heterocycles. The molecule has 1 saturated heterocycles. The van der Waals surface area contributed by atoms with Crippen molar-refractivity contribution < 1.29 is 0 Å². The SMILES string of the molecule is CC(c1ccc[nH]1)N1CCCC(N)C1. The first-order valence-electron chi connectivity index (χ1n) is 5.40. The van der Waals surface area contributed by atoms with Gasteiger partial charge in [0.25, 0.3) is 0 Å². The number of hydrogen-bond donors (Lipinski definition) is 2. The Morgan fingerprint density at radius 3 is 3.14 bits per heavy atom. The van der Waals surface area contributed by atoms with Crippen LogP contribution in [0.15, 0.2) is 18.3 Å². The lowest BCUT2D eigenvalue weighted by Gasteiger charge is -2.34. The van der Waals surface area contributed by atoms with E-state index in [0.29, 0.717) is 12.1 Å². The normalized spacial score (nSPS) is 26.3. The predicted octanol–water partition coefficient (Wildman–Crippen LogP) is 1.50. The Labute approximate surface area is 85.3 Å². The summed E-state index contributed by atoms with van der Waals surface area (Å²) in [7, 11) is 0. The lowest BCUT2D eigenvalue weighted by atomic mass is 10.0. The largest absolute Gasteiger partial charge is 0.364 e. The fraction of sp³-hybridized carbons (Fsp3) is 0.636. The van der Waals surface area contributed by atoms with Crippen LogP contribution in [-0.4, -0.2) is 29.0 Å². The van der Waals surface area contributed by atoms with Gasteiger partial charge in [-0.15, -0.1) is 0 Å². The van der Waals surface area contributed by atoms with Crippen LogP contribution < -0.4 is 5.73 Å². The second kappa shape index (κ2) is 4.15. The summed E-state index contributed by atoms with van der Waals surface area (Å²) in [4.78, 5) is 5.72. The number of nitrogens with one attached hydrogen (secondary N) is 1. The highest BCUT2D eigenvalue weighted by molar-refractivity contribution is 5.08. The van der Waals surface area contributed by atoms with Gasteiger partial charge in [-0.1, -0.05) is 0 Å². The summed E-state index contributed by atoms with van der Waals surface area (Å²) in [6.07, 6.45) is 4.38. The third-order valence-corrected chi connectivity index (χ3v) is 3.11. The van der Waals surface area contributed by atoms with Crippen LogP contribution >= 0.6 is 0 Å². The summed E-state index contributed by atoms with van der Waals surface area (Å²) in [5, 5.41) is 0. The van der Waals surface area contributed by atoms with Crippen LogP contribution in [0.4, 0.5) is 0 Å². The van der Waals surface area contributed by atoms with E-state index in [1.807, 2.05) is 6.20 Å². The molecule has 1 aromatic rings. The first-order chi connectivity index (χ1) is 6.77. The number of hydrogen-bond acceptors (Lipinski definition) is 2. The van der Waals surface area contributed by atoms with E-state index in [4.69, 9.17) is 5.73 Å². The summed E-state index contributed by atoms with van der Waals surface area (Å²) >= 11 is 0. The maximum atomic E-state index is 5.96. The summed E-state index contributed by atoms with van der Waals surface area (Å²) in [6.45, 7) is 4.44. The number of rotatable bonds is 2. The Morgan fingerprint density at radius 2 is 2.50 bits per heavy atom. The van der Waals surface area contributed by atoms with E-state index in [1.165, 1.54) is 25.1 Å². The van der Waals surface area contributed by atoms with Crippen LogP contribution in [0.25, 0.3) is 0 Å². The van der Waals surface area contributed by atoms with E-state index < -0.39 is 0 Å². The van der Waals surface area contributed by atoms with E-state index in [1.54, 1.807) is 0 Å². The first-order valence-corrected chi connectivity index (χ1v) is 5.40. The van der Waals surface area contributed by atoms with Crippen LogP contribution in [0.2, 0.25) is 0 Å². The number of piperidine rings is 1. The molecule has 3 heteroatoms. The highest BCUT2D eigenvalue weighted by Crippen LogP contribution is 2.22. The van der Waals surface area contributed by atoms with E-state index in [2.05, 4.69) is 28.9 Å². The molecule has 1 aliphatic heterocycles. The summed E-state index contributed by atoms with van der Waals surface area (Å²) in [6, 6.07) is 5.03. The average molecular weight is 193 g/mol. The summed E-state index contributed by atoms with van der Waals surface area (Å²) < 4.78 is 0. The topological polar surface area (TPSA) is 45.0 Å². The molecule has 0 amide bonds. The zero-order chi connectivity index (χ0) is 9.97. The van der Waals surface area contributed by atoms with Crippen molar-refractivity contribution >= 4 is 0 Å². The van der Waals surface area contributed by atoms with Crippen molar-refractivity contribution in [1.29, 1.82) is 0 Å². The molecular weight excluding hydrogens is 174 g/mol. The van der Waals surface area contributed by atoms with Crippen molar-refractivity contribution in [2.45, 2.75) is 31.8 Å². The lowest BCUT2D eigenvalue weighted by molar-refractivity contribution is 0.157. The van der Waals surface area contributed by atoms with Crippen LogP contribution in [0, 0.1) is 0 Å². The Morgan fingerprint density at radius 1 is 1.64 bits per heavy atom. The van der Waals surface area contributed by atoms with Gasteiger partial charge in [0.15, 0.2) is 0 Å². The highest BCUT2D eigenvalue weighted by atomic mass is 15.2. The summed E-state index contributed by atoms with van der Waals surface area (Å²) in [5.74, 6) is 0. The smallest absolute Gasteiger partial charge is 0.0470 e. The molecule has 2 heterocycles. The summed E-state index contributed by atoms with van der Waals surface area (Å²) in [5.41, 5.74) is 7.26. The third-order valence-electron chi connectivity index (χ3n) is 3.11. The highest BCUT2D eigenvalue weighted by Gasteiger charge is 2.22. The van der Waals surface area contributed by atoms with E-state index in [0.717, 1.165) is 6.54 Å². The van der Waals surface area contributed by atoms with Crippen LogP contribution in [-0.2, 0) is 0 Å². The van der Waals surface area contributed by atoms with Gasteiger partial charge in [0, 0.05) is 30.5 Å². The van der Waals surface area contributed by atoms with Gasteiger partial charge in [0.2, 0.25) is 0 Å². The van der Waals surface area contributed by atoms with Gasteiger partial charge in [0.05, 0.1) is 0 Å². The molecule has 2 unspecified atom stereocenters. The quantitative estimate of drug-likeness (QED) is 0.747. The number of aromatic nitrogens is 1. The molecule has 14 heavy (non-hydrogen) atoms. The number of nitrogens with zero attached hydrogens (tertiary/aromatic N) is 1. The molecule has 0 aromatic carbocycles. The van der Waals surface area contributed by atoms with Gasteiger partial charge in [-0.05, 0) is 38.4 Å². The lowest BCUT2D eigenvalue weighted by Crippen LogP contribution is -2.43. The van der Waals surface area contributed by atoms with Crippen molar-refractivity contribution in [3.8, 4) is 0 Å². The maximum absolute atomic E-state index is 5.96. The molecule has 1 aliphatic rings. The molecule has 1 fully saturated rings. The molecule has 2 atom stereocenters. The third kappa shape index (κ3) is 1.99. The van der Waals surface area contributed by atoms with Crippen LogP contribution in [0.1, 0.15) is 31.5 Å². The molecule has 2 rings (SSSR count). The average Bonchev–Trinajstić information content (AvgIpc) is 2.69. The second-order valence-corrected chi connectivity index (χ2v) is 4.20. The minimum atomic E-state index is 0.362. The van der Waals surface area contributed by atoms with Gasteiger partial charge in [-0.25, -0.2) is 0 Å². The van der Waals surface area contributed by atoms with Crippen molar-refractivity contribution in [2.75, 3.05) is 13.1 Å². The Bertz CT molecular complexity index is 268. The zero-order valence-electron chi connectivity index (χ0n) is 8.74. The van der Waals surface area contributed by atoms with Crippen molar-refractivity contribution in [3.63, 3.8) is 0 Å². The molecule has 3 N–H and O–H groups in total. The standard InChI is InChI=1S/C11H19N3/c1-9(11-5-2-6-13-11)14-7-3-4-10(12)8-14/h2,5-6,9-10,13H,3-4,7-8,12H2,1H3. The minimum absolute atomic E-state index is 0.362. The molecule has 0 spiro atoms. The molecule has 0 radical (unpaired) electrons. The maximum Gasteiger partial charge on any atom is 0.0470 e. The van der Waals surface area contributed by atoms with Crippen molar-refractivity contribution in [1.82, 2.24) is 9.88 Å². The van der Waals surface area contributed by atoms with Gasteiger partial charge in [-0.3, -0.25) is 4.90 Å². The van der Waals surface area contributed by atoms with Gasteiger partial charge in [0.1, 0.15) is 0 Å². The van der Waals surface area contributed by atoms with E-state index >= 15 is 0 Å². The predicted molar refractivity (Wildman–Crippen MR) is 58.0 cm³/mol. The fourth-order valence-corrected chi connectivity index (χ4v) is 2.19. The Balaban J connectivity index is 2.00. The Hall–Kier alpha value is -0.800. The van der Waals surface area contributed by atoms with Crippen molar-refractivity contribution in [2.24, 2.45) is 5.73 Å². The molecule has 0 bridgehead atoms. The fourth-order valence-electron chi connectivity index (χ4n) is 2.19. The minimum Gasteiger partial charge on any atom is -0.364 e. The number of likely N-dealkylation sites (tertiary alicyclic amines) is 1. The van der Waals surface area contributed by atoms with Crippen LogP contribution in [0.3, 0.4) is 0 Å². The zero-order valence-corrected chi connectivity index (χ0v) is 8.74. The number of aromatic amines is 1. The van der Waals surface area contributed by atoms with Gasteiger partial charge >= 0.3 is 0 Å². The number of H-pyrrole nitrogens is 1. The van der Waals surface area contributed by atoms with Crippen molar-refractivity contribution in [3.05, 3.63) is 24.0 Å². The van der Waals surface area contributed by atoms with E-state index in [-0.39, 0.29) is 0 Å². The second-order valence-electron chi connectivity index (χ2n) is 4.20. The first kappa shape index (κ1) is 9.74.